The molecule has 0 radical (unpaired) electrons. The van der Waals surface area contributed by atoms with E-state index in [1.165, 1.54) is 0 Å². The Hall–Kier alpha value is -2.44. The van der Waals surface area contributed by atoms with E-state index in [2.05, 4.69) is 31.5 Å². The molecule has 0 fully saturated rings. The highest BCUT2D eigenvalue weighted by atomic mass is 79.9. The first-order valence-corrected chi connectivity index (χ1v) is 10.5. The van der Waals surface area contributed by atoms with Gasteiger partial charge in [-0.3, -0.25) is 9.59 Å². The molecule has 148 valence electrons. The van der Waals surface area contributed by atoms with Gasteiger partial charge in [0.1, 0.15) is 5.82 Å². The fourth-order valence-corrected chi connectivity index (χ4v) is 4.42. The zero-order valence-corrected chi connectivity index (χ0v) is 18.1. The molecule has 29 heavy (non-hydrogen) atoms. The lowest BCUT2D eigenvalue weighted by Gasteiger charge is -2.34. The number of hydrogen-bond donors (Lipinski definition) is 2. The molecule has 7 heteroatoms. The van der Waals surface area contributed by atoms with E-state index < -0.39 is 5.92 Å². The van der Waals surface area contributed by atoms with Gasteiger partial charge in [0, 0.05) is 50.6 Å². The molecule has 1 unspecified atom stereocenters. The van der Waals surface area contributed by atoms with Gasteiger partial charge in [-0.15, -0.1) is 0 Å². The Morgan fingerprint density at radius 3 is 2.76 bits per heavy atom. The van der Waals surface area contributed by atoms with Crippen molar-refractivity contribution in [2.45, 2.75) is 32.1 Å². The lowest BCUT2D eigenvalue weighted by atomic mass is 9.75. The normalized spacial score (nSPS) is 19.0. The molecule has 4 rings (SSSR count). The van der Waals surface area contributed by atoms with Crippen LogP contribution < -0.4 is 10.6 Å². The number of halogens is 2. The summed E-state index contributed by atoms with van der Waals surface area (Å²) in [5.41, 5.74) is 3.49. The molecule has 0 bridgehead atoms. The molecule has 2 heterocycles. The molecule has 1 aromatic heterocycles. The Balaban J connectivity index is 1.80. The van der Waals surface area contributed by atoms with E-state index in [4.69, 9.17) is 11.6 Å². The molecule has 2 N–H and O–H groups in total. The molecule has 1 atom stereocenters. The smallest absolute Gasteiger partial charge is 0.255 e. The van der Waals surface area contributed by atoms with Gasteiger partial charge in [-0.25, -0.2) is 4.98 Å². The number of ketones is 1. The number of Topliss-reactive ketones (excluding diaryl/α,β-unsaturated/α-hetero) is 1. The Labute approximate surface area is 182 Å². The molecule has 1 amide bonds. The maximum atomic E-state index is 13.3. The van der Waals surface area contributed by atoms with Crippen LogP contribution in [0.5, 0.6) is 0 Å². The minimum absolute atomic E-state index is 0.0586. The summed E-state index contributed by atoms with van der Waals surface area (Å²) < 4.78 is 0.821. The van der Waals surface area contributed by atoms with Gasteiger partial charge < -0.3 is 10.6 Å². The van der Waals surface area contributed by atoms with E-state index in [-0.39, 0.29) is 11.7 Å². The Kier molecular flexibility index (Phi) is 5.56. The van der Waals surface area contributed by atoms with E-state index in [1.807, 2.05) is 25.1 Å². The summed E-state index contributed by atoms with van der Waals surface area (Å²) in [5.74, 6) is -0.322. The van der Waals surface area contributed by atoms with Crippen molar-refractivity contribution in [2.24, 2.45) is 0 Å². The SMILES string of the molecule is CC1=C(C(=O)Nc2ccc(Br)cn2)C(c2ccccc2Cl)C2=C(CCCC2=O)N1. The average molecular weight is 473 g/mol. The quantitative estimate of drug-likeness (QED) is 0.652. The Bertz CT molecular complexity index is 1060. The summed E-state index contributed by atoms with van der Waals surface area (Å²) >= 11 is 9.84. The molecular weight excluding hydrogens is 454 g/mol. The van der Waals surface area contributed by atoms with Gasteiger partial charge >= 0.3 is 0 Å². The van der Waals surface area contributed by atoms with Gasteiger partial charge in [-0.2, -0.15) is 0 Å². The summed E-state index contributed by atoms with van der Waals surface area (Å²) in [6.45, 7) is 1.86. The lowest BCUT2D eigenvalue weighted by Crippen LogP contribution is -2.35. The van der Waals surface area contributed by atoms with E-state index >= 15 is 0 Å². The first-order valence-electron chi connectivity index (χ1n) is 9.37. The largest absolute Gasteiger partial charge is 0.362 e. The van der Waals surface area contributed by atoms with Crippen molar-refractivity contribution in [3.05, 3.63) is 80.2 Å². The minimum atomic E-state index is -0.511. The number of allylic oxidation sites excluding steroid dienone is 3. The highest BCUT2D eigenvalue weighted by Crippen LogP contribution is 2.44. The number of amides is 1. The number of rotatable bonds is 3. The predicted molar refractivity (Wildman–Crippen MR) is 116 cm³/mol. The van der Waals surface area contributed by atoms with Gasteiger partial charge in [0.25, 0.3) is 5.91 Å². The van der Waals surface area contributed by atoms with E-state index in [1.54, 1.807) is 24.4 Å². The number of benzene rings is 1. The lowest BCUT2D eigenvalue weighted by molar-refractivity contribution is -0.116. The summed E-state index contributed by atoms with van der Waals surface area (Å²) in [6.07, 6.45) is 3.68. The van der Waals surface area contributed by atoms with Crippen LogP contribution in [0, 0.1) is 0 Å². The Morgan fingerprint density at radius 1 is 1.24 bits per heavy atom. The minimum Gasteiger partial charge on any atom is -0.362 e. The molecule has 2 aliphatic rings. The number of hydrogen-bond acceptors (Lipinski definition) is 4. The Morgan fingerprint density at radius 2 is 2.03 bits per heavy atom. The molecule has 2 aromatic rings. The first-order chi connectivity index (χ1) is 14.0. The van der Waals surface area contributed by atoms with Crippen molar-refractivity contribution in [1.82, 2.24) is 10.3 Å². The fraction of sp³-hybridized carbons (Fsp3) is 0.227. The molecule has 0 saturated carbocycles. The van der Waals surface area contributed by atoms with Crippen molar-refractivity contribution in [2.75, 3.05) is 5.32 Å². The van der Waals surface area contributed by atoms with E-state index in [0.717, 1.165) is 34.3 Å². The molecular formula is C22H19BrClN3O2. The van der Waals surface area contributed by atoms with Gasteiger partial charge in [-0.05, 0) is 59.5 Å². The van der Waals surface area contributed by atoms with Crippen molar-refractivity contribution in [3.63, 3.8) is 0 Å². The van der Waals surface area contributed by atoms with Crippen molar-refractivity contribution in [1.29, 1.82) is 0 Å². The molecule has 1 aromatic carbocycles. The summed E-state index contributed by atoms with van der Waals surface area (Å²) in [4.78, 5) is 30.4. The monoisotopic (exact) mass is 471 g/mol. The predicted octanol–water partition coefficient (Wildman–Crippen LogP) is 5.10. The third-order valence-corrected chi connectivity index (χ3v) is 6.02. The third kappa shape index (κ3) is 3.87. The molecule has 0 saturated heterocycles. The molecule has 1 aliphatic carbocycles. The second-order valence-electron chi connectivity index (χ2n) is 7.10. The highest BCUT2D eigenvalue weighted by molar-refractivity contribution is 9.10. The zero-order chi connectivity index (χ0) is 20.5. The average Bonchev–Trinajstić information content (AvgIpc) is 2.69. The number of pyridine rings is 1. The van der Waals surface area contributed by atoms with Crippen LogP contribution in [0.2, 0.25) is 5.02 Å². The number of anilines is 1. The number of carbonyl (C=O) groups is 2. The number of nitrogens with one attached hydrogen (secondary N) is 2. The van der Waals surface area contributed by atoms with Crippen LogP contribution >= 0.6 is 27.5 Å². The molecule has 5 nitrogen and oxygen atoms in total. The van der Waals surface area contributed by atoms with Crippen molar-refractivity contribution < 1.29 is 9.59 Å². The third-order valence-electron chi connectivity index (χ3n) is 5.21. The van der Waals surface area contributed by atoms with Crippen LogP contribution in [-0.4, -0.2) is 16.7 Å². The topological polar surface area (TPSA) is 71.1 Å². The van der Waals surface area contributed by atoms with Crippen LogP contribution in [0.25, 0.3) is 0 Å². The van der Waals surface area contributed by atoms with Gasteiger partial charge in [0.2, 0.25) is 0 Å². The van der Waals surface area contributed by atoms with Gasteiger partial charge in [0.05, 0.1) is 0 Å². The highest BCUT2D eigenvalue weighted by Gasteiger charge is 2.39. The molecule has 0 spiro atoms. The van der Waals surface area contributed by atoms with Gasteiger partial charge in [-0.1, -0.05) is 29.8 Å². The number of dihydropyridines is 1. The number of nitrogens with zero attached hydrogens (tertiary/aromatic N) is 1. The maximum absolute atomic E-state index is 13.3. The van der Waals surface area contributed by atoms with Crippen molar-refractivity contribution in [3.8, 4) is 0 Å². The standard InChI is InChI=1S/C22H19BrClN3O2/c1-12-19(22(29)27-18-10-9-13(23)11-25-18)20(14-5-2-3-6-15(14)24)21-16(26-12)7-4-8-17(21)28/h2-3,5-6,9-11,20,26H,4,7-8H2,1H3,(H,25,27,29). The van der Waals surface area contributed by atoms with Crippen LogP contribution in [0.3, 0.4) is 0 Å². The second kappa shape index (κ2) is 8.13. The summed E-state index contributed by atoms with van der Waals surface area (Å²) in [6, 6.07) is 10.9. The maximum Gasteiger partial charge on any atom is 0.255 e. The van der Waals surface area contributed by atoms with Crippen molar-refractivity contribution >= 4 is 45.0 Å². The van der Waals surface area contributed by atoms with Gasteiger partial charge in [0.15, 0.2) is 5.78 Å². The zero-order valence-electron chi connectivity index (χ0n) is 15.8. The summed E-state index contributed by atoms with van der Waals surface area (Å²) in [5, 5.41) is 6.69. The first kappa shape index (κ1) is 19.9. The van der Waals surface area contributed by atoms with E-state index in [9.17, 15) is 9.59 Å². The second-order valence-corrected chi connectivity index (χ2v) is 8.43. The fourth-order valence-electron chi connectivity index (χ4n) is 3.94. The molecule has 1 aliphatic heterocycles. The van der Waals surface area contributed by atoms with Crippen LogP contribution in [-0.2, 0) is 9.59 Å². The van der Waals surface area contributed by atoms with Crippen LogP contribution in [0.1, 0.15) is 37.7 Å². The number of carbonyl (C=O) groups excluding carboxylic acids is 2. The van der Waals surface area contributed by atoms with Crippen LogP contribution in [0.4, 0.5) is 5.82 Å². The summed E-state index contributed by atoms with van der Waals surface area (Å²) in [7, 11) is 0. The van der Waals surface area contributed by atoms with E-state index in [0.29, 0.717) is 28.4 Å². The van der Waals surface area contributed by atoms with Crippen LogP contribution in [0.15, 0.2) is 69.6 Å². The number of aromatic nitrogens is 1.